The molecule has 0 atom stereocenters. The first-order valence-corrected chi connectivity index (χ1v) is 22.6. The first-order valence-electron chi connectivity index (χ1n) is 22.6. The molecular weight excluding hydrogens is 917 g/mol. The smallest absolute Gasteiger partial charge is 0.309 e. The van der Waals surface area contributed by atoms with Crippen LogP contribution in [0.4, 0.5) is 35.1 Å². The van der Waals surface area contributed by atoms with Crippen molar-refractivity contribution in [3.05, 3.63) is 228 Å². The maximum Gasteiger partial charge on any atom is 0.420 e. The van der Waals surface area contributed by atoms with Gasteiger partial charge in [0.15, 0.2) is 23.3 Å². The lowest BCUT2D eigenvalue weighted by molar-refractivity contribution is -0.137. The lowest BCUT2D eigenvalue weighted by Crippen LogP contribution is -2.17. The number of benzene rings is 7. The highest BCUT2D eigenvalue weighted by molar-refractivity contribution is 6.10. The van der Waals surface area contributed by atoms with Crippen molar-refractivity contribution < 1.29 is 35.1 Å². The molecule has 4 aromatic heterocycles. The largest absolute Gasteiger partial charge is 0.420 e. The number of fused-ring (bicyclic) bond motifs is 6. The van der Waals surface area contributed by atoms with Crippen molar-refractivity contribution in [1.29, 1.82) is 0 Å². The van der Waals surface area contributed by atoms with Crippen LogP contribution in [0.5, 0.6) is 0 Å². The highest BCUT2D eigenvalue weighted by Gasteiger charge is 2.41. The van der Waals surface area contributed by atoms with Crippen molar-refractivity contribution in [3.63, 3.8) is 0 Å². The summed E-state index contributed by atoms with van der Waals surface area (Å²) in [6.45, 7) is 0. The fourth-order valence-electron chi connectivity index (χ4n) is 10.2. The average molecular weight is 951 g/mol. The van der Waals surface area contributed by atoms with Crippen LogP contribution in [0.25, 0.3) is 101 Å². The van der Waals surface area contributed by atoms with E-state index in [1.165, 1.54) is 9.13 Å². The second-order valence-electron chi connectivity index (χ2n) is 17.4. The van der Waals surface area contributed by atoms with Gasteiger partial charge in [-0.1, -0.05) is 109 Å². The predicted molar refractivity (Wildman–Crippen MR) is 262 cm³/mol. The van der Waals surface area contributed by atoms with Crippen LogP contribution in [-0.4, -0.2) is 19.1 Å². The molecule has 1 aliphatic rings. The van der Waals surface area contributed by atoms with Crippen LogP contribution in [0, 0.1) is 29.1 Å². The summed E-state index contributed by atoms with van der Waals surface area (Å²) < 4.78 is 131. The van der Waals surface area contributed by atoms with Crippen LogP contribution in [0.2, 0.25) is 0 Å². The van der Waals surface area contributed by atoms with E-state index in [4.69, 9.17) is 0 Å². The summed E-state index contributed by atoms with van der Waals surface area (Å²) in [5.74, 6) is -11.3. The van der Waals surface area contributed by atoms with Gasteiger partial charge in [0.25, 0.3) is 0 Å². The molecule has 0 fully saturated rings. The van der Waals surface area contributed by atoms with Crippen LogP contribution in [0.3, 0.4) is 0 Å². The normalized spacial score (nSPS) is 12.8. The van der Waals surface area contributed by atoms with E-state index in [2.05, 4.69) is 9.97 Å². The van der Waals surface area contributed by atoms with E-state index in [1.807, 2.05) is 84.9 Å². The van der Waals surface area contributed by atoms with Crippen molar-refractivity contribution in [2.75, 3.05) is 0 Å². The third-order valence-electron chi connectivity index (χ3n) is 13.4. The minimum atomic E-state index is -5.19. The quantitative estimate of drug-likeness (QED) is 0.0906. The van der Waals surface area contributed by atoms with E-state index >= 15 is 30.7 Å². The summed E-state index contributed by atoms with van der Waals surface area (Å²) in [6, 6.07) is 47.1. The van der Waals surface area contributed by atoms with Crippen molar-refractivity contribution >= 4 is 44.4 Å². The minimum absolute atomic E-state index is 0.279. The Hall–Kier alpha value is -8.64. The Morgan fingerprint density at radius 1 is 0.408 bits per heavy atom. The predicted octanol–water partition coefficient (Wildman–Crippen LogP) is 16.4. The summed E-state index contributed by atoms with van der Waals surface area (Å²) in [7, 11) is 0. The topological polar surface area (TPSA) is 35.6 Å². The molecule has 4 nitrogen and oxygen atoms in total. The third-order valence-corrected chi connectivity index (χ3v) is 13.4. The van der Waals surface area contributed by atoms with Gasteiger partial charge in [0.1, 0.15) is 5.56 Å². The first kappa shape index (κ1) is 43.6. The van der Waals surface area contributed by atoms with Crippen molar-refractivity contribution in [2.45, 2.75) is 19.0 Å². The van der Waals surface area contributed by atoms with Crippen LogP contribution in [0.15, 0.2) is 176 Å². The van der Waals surface area contributed by atoms with Crippen LogP contribution in [0.1, 0.15) is 28.8 Å². The second-order valence-corrected chi connectivity index (χ2v) is 17.4. The molecule has 0 N–H and O–H groups in total. The summed E-state index contributed by atoms with van der Waals surface area (Å²) in [5, 5.41) is 1.72. The standard InChI is InChI=1S/C59H34F8N4/c60-54-52(55(61)57(63)58(64)56(54)62)39-31-50(70-46-17-9-7-15-40(46)42-21-19-35(29-48(42)70)37-23-25-68-44(27-37)33-11-3-1-4-12-33)53(59(65,66)67)51(32-39)71-47-18-10-8-16-41(47)43-22-20-36(30-49(43)71)38-24-26-69-45(28-38)34-13-5-2-6-14-34/h1-19,21,23-32H,20,22H2. The van der Waals surface area contributed by atoms with Gasteiger partial charge in [-0.05, 0) is 107 Å². The molecule has 4 heterocycles. The maximum absolute atomic E-state index is 16.7. The monoisotopic (exact) mass is 950 g/mol. The summed E-state index contributed by atoms with van der Waals surface area (Å²) in [5.41, 5.74) is 3.42. The van der Waals surface area contributed by atoms with E-state index < -0.39 is 63.3 Å². The third kappa shape index (κ3) is 7.19. The summed E-state index contributed by atoms with van der Waals surface area (Å²) >= 11 is 0. The molecule has 0 bridgehead atoms. The van der Waals surface area contributed by atoms with Crippen molar-refractivity contribution in [3.8, 4) is 56.1 Å². The number of para-hydroxylation sites is 2. The molecule has 12 heteroatoms. The molecule has 0 radical (unpaired) electrons. The van der Waals surface area contributed by atoms with Gasteiger partial charge < -0.3 is 9.13 Å². The Balaban J connectivity index is 1.18. The van der Waals surface area contributed by atoms with E-state index in [-0.39, 0.29) is 5.52 Å². The molecule has 0 spiro atoms. The molecule has 0 saturated heterocycles. The van der Waals surface area contributed by atoms with Gasteiger partial charge >= 0.3 is 6.18 Å². The fraction of sp³-hybridized carbons (Fsp3) is 0.0508. The molecule has 0 aliphatic heterocycles. The molecule has 7 aromatic carbocycles. The van der Waals surface area contributed by atoms with Gasteiger partial charge in [0.2, 0.25) is 5.82 Å². The molecule has 0 amide bonds. The van der Waals surface area contributed by atoms with Crippen LogP contribution < -0.4 is 0 Å². The molecule has 71 heavy (non-hydrogen) atoms. The SMILES string of the molecule is Fc1c(F)c(F)c(-c2cc(-n3c4c(c5ccccc53)CCC(c3ccnc(-c5ccccc5)c3)=C4)c(C(F)(F)F)c(-n3c4ccccc4c4ccc(-c5ccnc(-c6ccccc6)c5)cc43)c2)c(F)c1F. The van der Waals surface area contributed by atoms with E-state index in [0.29, 0.717) is 73.8 Å². The minimum Gasteiger partial charge on any atom is -0.309 e. The highest BCUT2D eigenvalue weighted by atomic mass is 19.4. The Morgan fingerprint density at radius 3 is 1.55 bits per heavy atom. The second kappa shape index (κ2) is 16.8. The number of allylic oxidation sites excluding steroid dienone is 1. The first-order chi connectivity index (χ1) is 34.4. The molecule has 0 unspecified atom stereocenters. The Bertz CT molecular complexity index is 3960. The molecule has 11 aromatic rings. The zero-order valence-electron chi connectivity index (χ0n) is 37.0. The molecule has 12 rings (SSSR count). The van der Waals surface area contributed by atoms with Gasteiger partial charge in [0, 0.05) is 39.7 Å². The van der Waals surface area contributed by atoms with Gasteiger partial charge in [-0.3, -0.25) is 9.97 Å². The van der Waals surface area contributed by atoms with Crippen molar-refractivity contribution in [1.82, 2.24) is 19.1 Å². The zero-order valence-corrected chi connectivity index (χ0v) is 37.0. The molecule has 1 aliphatic carbocycles. The maximum atomic E-state index is 16.7. The number of halogens is 8. The Kier molecular flexibility index (Phi) is 10.3. The van der Waals surface area contributed by atoms with Crippen LogP contribution >= 0.6 is 0 Å². The lowest BCUT2D eigenvalue weighted by atomic mass is 9.90. The number of hydrogen-bond acceptors (Lipinski definition) is 2. The Labute approximate surface area is 400 Å². The number of rotatable bonds is 7. The van der Waals surface area contributed by atoms with Crippen molar-refractivity contribution in [2.24, 2.45) is 0 Å². The van der Waals surface area contributed by atoms with E-state index in [1.54, 1.807) is 85.2 Å². The molecule has 346 valence electrons. The van der Waals surface area contributed by atoms with E-state index in [0.717, 1.165) is 34.4 Å². The number of aryl methyl sites for hydroxylation is 1. The fourth-order valence-corrected chi connectivity index (χ4v) is 10.2. The number of nitrogens with zero attached hydrogens (tertiary/aromatic N) is 4. The van der Waals surface area contributed by atoms with Gasteiger partial charge in [0.05, 0.1) is 50.6 Å². The zero-order chi connectivity index (χ0) is 48.7. The van der Waals surface area contributed by atoms with Gasteiger partial charge in [-0.25, -0.2) is 22.0 Å². The summed E-state index contributed by atoms with van der Waals surface area (Å²) in [6.07, 6.45) is 0.824. The van der Waals surface area contributed by atoms with Gasteiger partial charge in [-0.15, -0.1) is 0 Å². The van der Waals surface area contributed by atoms with E-state index in [9.17, 15) is 4.39 Å². The lowest BCUT2D eigenvalue weighted by Gasteiger charge is -2.24. The number of hydrogen-bond donors (Lipinski definition) is 0. The number of pyridine rings is 2. The van der Waals surface area contributed by atoms with Gasteiger partial charge in [-0.2, -0.15) is 13.2 Å². The number of aromatic nitrogens is 4. The highest BCUT2D eigenvalue weighted by Crippen LogP contribution is 2.48. The molecule has 0 saturated carbocycles. The molecular formula is C59H34F8N4. The Morgan fingerprint density at radius 2 is 0.915 bits per heavy atom. The summed E-state index contributed by atoms with van der Waals surface area (Å²) in [4.78, 5) is 9.13. The average Bonchev–Trinajstić information content (AvgIpc) is 3.92. The van der Waals surface area contributed by atoms with Crippen LogP contribution in [-0.2, 0) is 12.6 Å². The number of alkyl halides is 3.